The lowest BCUT2D eigenvalue weighted by molar-refractivity contribution is 0.568. The zero-order chi connectivity index (χ0) is 12.5. The average Bonchev–Trinajstić information content (AvgIpc) is 2.97. The lowest BCUT2D eigenvalue weighted by atomic mass is 10.0. The molecule has 1 aromatic carbocycles. The van der Waals surface area contributed by atoms with E-state index in [4.69, 9.17) is 0 Å². The first kappa shape index (κ1) is 12.7. The van der Waals surface area contributed by atoms with Crippen LogP contribution in [-0.4, -0.2) is 12.3 Å². The van der Waals surface area contributed by atoms with E-state index < -0.39 is 0 Å². The van der Waals surface area contributed by atoms with Crippen molar-refractivity contribution in [1.29, 1.82) is 0 Å². The minimum absolute atomic E-state index is 0.406. The van der Waals surface area contributed by atoms with Gasteiger partial charge in [0.25, 0.3) is 0 Å². The molecule has 2 atom stereocenters. The van der Waals surface area contributed by atoms with Crippen LogP contribution in [0.4, 0.5) is 0 Å². The molecule has 4 heteroatoms. The Morgan fingerprint density at radius 1 is 1.33 bits per heavy atom. The Morgan fingerprint density at radius 2 is 2.17 bits per heavy atom. The van der Waals surface area contributed by atoms with Crippen molar-refractivity contribution in [2.45, 2.75) is 22.6 Å². The number of nitrogens with one attached hydrogen (secondary N) is 1. The summed E-state index contributed by atoms with van der Waals surface area (Å²) in [5.41, 5.74) is 2.87. The van der Waals surface area contributed by atoms with Gasteiger partial charge in [-0.3, -0.25) is 0 Å². The van der Waals surface area contributed by atoms with E-state index in [2.05, 4.69) is 63.3 Å². The van der Waals surface area contributed by atoms with Gasteiger partial charge in [0.05, 0.1) is 0 Å². The summed E-state index contributed by atoms with van der Waals surface area (Å²) in [6.07, 6.45) is 1.15. The van der Waals surface area contributed by atoms with Gasteiger partial charge in [-0.15, -0.1) is 11.8 Å². The SMILES string of the molecule is CNC(c1cscc1Br)C1Cc2ccccc2S1. The Balaban J connectivity index is 1.86. The first-order valence-corrected chi connectivity index (χ1v) is 8.54. The molecule has 0 aliphatic carbocycles. The minimum Gasteiger partial charge on any atom is -0.312 e. The molecule has 1 aliphatic rings. The molecule has 3 rings (SSSR count). The molecular weight excluding hydrogens is 326 g/mol. The highest BCUT2D eigenvalue weighted by molar-refractivity contribution is 9.10. The van der Waals surface area contributed by atoms with Crippen LogP contribution in [0.5, 0.6) is 0 Å². The van der Waals surface area contributed by atoms with Crippen LogP contribution < -0.4 is 5.32 Å². The number of benzene rings is 1. The monoisotopic (exact) mass is 339 g/mol. The summed E-state index contributed by atoms with van der Waals surface area (Å²) in [6, 6.07) is 9.15. The van der Waals surface area contributed by atoms with E-state index in [-0.39, 0.29) is 0 Å². The molecule has 1 aliphatic heterocycles. The first-order valence-electron chi connectivity index (χ1n) is 5.93. The van der Waals surface area contributed by atoms with Gasteiger partial charge in [-0.2, -0.15) is 11.3 Å². The molecule has 1 N–H and O–H groups in total. The fraction of sp³-hybridized carbons (Fsp3) is 0.286. The fourth-order valence-electron chi connectivity index (χ4n) is 2.45. The maximum Gasteiger partial charge on any atom is 0.0464 e. The van der Waals surface area contributed by atoms with Gasteiger partial charge >= 0.3 is 0 Å². The molecule has 0 saturated heterocycles. The average molecular weight is 340 g/mol. The summed E-state index contributed by atoms with van der Waals surface area (Å²) in [5, 5.41) is 8.46. The molecule has 94 valence electrons. The standard InChI is InChI=1S/C14H14BrNS2/c1-16-14(10-7-17-8-11(10)15)13-6-9-4-2-3-5-12(9)18-13/h2-5,7-8,13-14,16H,6H2,1H3. The number of fused-ring (bicyclic) bond motifs is 1. The van der Waals surface area contributed by atoms with Crippen molar-refractivity contribution in [1.82, 2.24) is 5.32 Å². The quantitative estimate of drug-likeness (QED) is 0.884. The molecular formula is C14H14BrNS2. The van der Waals surface area contributed by atoms with E-state index in [0.29, 0.717) is 11.3 Å². The molecule has 1 nitrogen and oxygen atoms in total. The second kappa shape index (κ2) is 5.37. The van der Waals surface area contributed by atoms with Crippen molar-refractivity contribution in [3.05, 3.63) is 50.6 Å². The lowest BCUT2D eigenvalue weighted by Crippen LogP contribution is -2.26. The van der Waals surface area contributed by atoms with Crippen LogP contribution in [0.3, 0.4) is 0 Å². The third-order valence-electron chi connectivity index (χ3n) is 3.33. The third kappa shape index (κ3) is 2.27. The summed E-state index contributed by atoms with van der Waals surface area (Å²) >= 11 is 7.40. The smallest absolute Gasteiger partial charge is 0.0464 e. The van der Waals surface area contributed by atoms with Gasteiger partial charge in [-0.25, -0.2) is 0 Å². The Bertz CT molecular complexity index is 527. The molecule has 2 heterocycles. The number of thioether (sulfide) groups is 1. The molecule has 0 saturated carbocycles. The highest BCUT2D eigenvalue weighted by Crippen LogP contribution is 2.44. The molecule has 0 bridgehead atoms. The van der Waals surface area contributed by atoms with Crippen LogP contribution in [0.1, 0.15) is 17.2 Å². The maximum atomic E-state index is 3.65. The molecule has 1 aromatic heterocycles. The Hall–Kier alpha value is -0.290. The highest BCUT2D eigenvalue weighted by atomic mass is 79.9. The molecule has 18 heavy (non-hydrogen) atoms. The molecule has 2 aromatic rings. The van der Waals surface area contributed by atoms with E-state index in [9.17, 15) is 0 Å². The van der Waals surface area contributed by atoms with Gasteiger partial charge in [0.15, 0.2) is 0 Å². The first-order chi connectivity index (χ1) is 8.79. The van der Waals surface area contributed by atoms with Crippen LogP contribution in [0.25, 0.3) is 0 Å². The van der Waals surface area contributed by atoms with E-state index in [1.807, 2.05) is 11.8 Å². The summed E-state index contributed by atoms with van der Waals surface area (Å²) in [5.74, 6) is 0. The second-order valence-electron chi connectivity index (χ2n) is 4.41. The van der Waals surface area contributed by atoms with E-state index in [1.165, 1.54) is 20.5 Å². The summed E-state index contributed by atoms with van der Waals surface area (Å²) in [4.78, 5) is 1.44. The normalized spacial score (nSPS) is 19.8. The van der Waals surface area contributed by atoms with Crippen molar-refractivity contribution in [3.8, 4) is 0 Å². The summed E-state index contributed by atoms with van der Waals surface area (Å²) < 4.78 is 1.23. The molecule has 0 fully saturated rings. The van der Waals surface area contributed by atoms with Crippen molar-refractivity contribution < 1.29 is 0 Å². The Labute approximate surface area is 124 Å². The van der Waals surface area contributed by atoms with Gasteiger partial charge in [0.2, 0.25) is 0 Å². The van der Waals surface area contributed by atoms with Crippen LogP contribution >= 0.6 is 39.0 Å². The zero-order valence-corrected chi connectivity index (χ0v) is 13.2. The van der Waals surface area contributed by atoms with Crippen molar-refractivity contribution in [3.63, 3.8) is 0 Å². The van der Waals surface area contributed by atoms with Gasteiger partial charge in [0.1, 0.15) is 0 Å². The van der Waals surface area contributed by atoms with Crippen LogP contribution in [0.15, 0.2) is 44.4 Å². The van der Waals surface area contributed by atoms with Gasteiger partial charge in [-0.1, -0.05) is 18.2 Å². The number of hydrogen-bond acceptors (Lipinski definition) is 3. The zero-order valence-electron chi connectivity index (χ0n) is 10.0. The van der Waals surface area contributed by atoms with Crippen molar-refractivity contribution in [2.75, 3.05) is 7.05 Å². The number of rotatable bonds is 3. The van der Waals surface area contributed by atoms with Gasteiger partial charge in [-0.05, 0) is 52.0 Å². The fourth-order valence-corrected chi connectivity index (χ4v) is 5.50. The predicted octanol–water partition coefficient (Wildman–Crippen LogP) is 4.49. The van der Waals surface area contributed by atoms with E-state index in [1.54, 1.807) is 11.3 Å². The summed E-state index contributed by atoms with van der Waals surface area (Å²) in [6.45, 7) is 0. The minimum atomic E-state index is 0.406. The van der Waals surface area contributed by atoms with Gasteiger partial charge in [0, 0.05) is 26.0 Å². The summed E-state index contributed by atoms with van der Waals surface area (Å²) in [7, 11) is 2.05. The van der Waals surface area contributed by atoms with E-state index >= 15 is 0 Å². The van der Waals surface area contributed by atoms with Crippen molar-refractivity contribution >= 4 is 39.0 Å². The number of hydrogen-bond donors (Lipinski definition) is 1. The van der Waals surface area contributed by atoms with E-state index in [0.717, 1.165) is 6.42 Å². The number of thiophene rings is 1. The largest absolute Gasteiger partial charge is 0.312 e. The predicted molar refractivity (Wildman–Crippen MR) is 83.6 cm³/mol. The maximum absolute atomic E-state index is 3.65. The van der Waals surface area contributed by atoms with Gasteiger partial charge < -0.3 is 5.32 Å². The van der Waals surface area contributed by atoms with Crippen molar-refractivity contribution in [2.24, 2.45) is 0 Å². The highest BCUT2D eigenvalue weighted by Gasteiger charge is 2.30. The third-order valence-corrected chi connectivity index (χ3v) is 6.48. The Morgan fingerprint density at radius 3 is 2.83 bits per heavy atom. The molecule has 0 radical (unpaired) electrons. The van der Waals surface area contributed by atoms with Crippen LogP contribution in [0.2, 0.25) is 0 Å². The number of halogens is 1. The second-order valence-corrected chi connectivity index (χ2v) is 7.29. The molecule has 0 amide bonds. The lowest BCUT2D eigenvalue weighted by Gasteiger charge is -2.22. The molecule has 2 unspecified atom stereocenters. The molecule has 0 spiro atoms. The van der Waals surface area contributed by atoms with Crippen LogP contribution in [0, 0.1) is 0 Å². The van der Waals surface area contributed by atoms with Crippen LogP contribution in [-0.2, 0) is 6.42 Å². The Kier molecular flexibility index (Phi) is 3.80. The topological polar surface area (TPSA) is 12.0 Å².